The number of unbranched alkanes of at least 4 members (excludes halogenated alkanes) is 12. The van der Waals surface area contributed by atoms with Gasteiger partial charge in [-0.3, -0.25) is 4.52 Å². The van der Waals surface area contributed by atoms with E-state index in [1.807, 2.05) is 6.08 Å². The molecule has 0 aromatic carbocycles. The standard InChI is InChI=1S/C19H39O6P/c1-2-3-4-5-6-7-8-9-10-11-12-13-14-15-16-24-17-19(20)18-25-26(21,22)23/h15-16,19-20H,2-14,17-18H2,1H3,(H2,21,22,23)/b16-15-. The summed E-state index contributed by atoms with van der Waals surface area (Å²) >= 11 is 0. The second-order valence-electron chi connectivity index (χ2n) is 6.82. The van der Waals surface area contributed by atoms with Gasteiger partial charge in [0.15, 0.2) is 0 Å². The van der Waals surface area contributed by atoms with Crippen molar-refractivity contribution >= 4 is 7.82 Å². The van der Waals surface area contributed by atoms with E-state index in [2.05, 4.69) is 11.4 Å². The van der Waals surface area contributed by atoms with E-state index >= 15 is 0 Å². The van der Waals surface area contributed by atoms with Gasteiger partial charge in [-0.15, -0.1) is 0 Å². The average Bonchev–Trinajstić information content (AvgIpc) is 2.59. The van der Waals surface area contributed by atoms with Crippen LogP contribution in [0.2, 0.25) is 0 Å². The Labute approximate surface area is 159 Å². The predicted molar refractivity (Wildman–Crippen MR) is 105 cm³/mol. The Balaban J connectivity index is 3.25. The number of phosphoric acid groups is 1. The molecule has 0 amide bonds. The van der Waals surface area contributed by atoms with E-state index in [1.165, 1.54) is 76.9 Å². The Hall–Kier alpha value is -0.390. The molecule has 0 aromatic rings. The molecular weight excluding hydrogens is 355 g/mol. The summed E-state index contributed by atoms with van der Waals surface area (Å²) in [6.45, 7) is 1.76. The van der Waals surface area contributed by atoms with Crippen LogP contribution in [-0.2, 0) is 13.8 Å². The highest BCUT2D eigenvalue weighted by molar-refractivity contribution is 7.46. The SMILES string of the molecule is CCCCCCCCCCCCCC/C=C\OCC(O)COP(=O)(O)O. The van der Waals surface area contributed by atoms with Crippen LogP contribution in [0.4, 0.5) is 0 Å². The zero-order valence-corrected chi connectivity index (χ0v) is 17.2. The molecule has 3 N–H and O–H groups in total. The summed E-state index contributed by atoms with van der Waals surface area (Å²) in [5, 5.41) is 9.40. The average molecular weight is 394 g/mol. The molecule has 0 saturated carbocycles. The van der Waals surface area contributed by atoms with Gasteiger partial charge < -0.3 is 19.6 Å². The van der Waals surface area contributed by atoms with E-state index in [1.54, 1.807) is 0 Å². The summed E-state index contributed by atoms with van der Waals surface area (Å²) in [5.41, 5.74) is 0. The van der Waals surface area contributed by atoms with Crippen LogP contribution < -0.4 is 0 Å². The number of allylic oxidation sites excluding steroid dienone is 1. The van der Waals surface area contributed by atoms with Gasteiger partial charge in [0.25, 0.3) is 0 Å². The minimum absolute atomic E-state index is 0.0467. The molecule has 0 aromatic heterocycles. The highest BCUT2D eigenvalue weighted by Gasteiger charge is 2.16. The van der Waals surface area contributed by atoms with Gasteiger partial charge in [-0.1, -0.05) is 77.6 Å². The van der Waals surface area contributed by atoms with Crippen LogP contribution in [0.1, 0.15) is 90.4 Å². The first-order valence-electron chi connectivity index (χ1n) is 10.1. The normalized spacial score (nSPS) is 13.4. The smallest absolute Gasteiger partial charge is 0.469 e. The van der Waals surface area contributed by atoms with Gasteiger partial charge in [-0.05, 0) is 18.9 Å². The van der Waals surface area contributed by atoms with Crippen LogP contribution in [0.3, 0.4) is 0 Å². The number of hydrogen-bond donors (Lipinski definition) is 3. The van der Waals surface area contributed by atoms with Crippen LogP contribution in [-0.4, -0.2) is 34.2 Å². The van der Waals surface area contributed by atoms with Gasteiger partial charge in [0, 0.05) is 0 Å². The van der Waals surface area contributed by atoms with Crippen molar-refractivity contribution in [2.75, 3.05) is 13.2 Å². The monoisotopic (exact) mass is 394 g/mol. The molecule has 0 fully saturated rings. The van der Waals surface area contributed by atoms with E-state index in [0.29, 0.717) is 0 Å². The summed E-state index contributed by atoms with van der Waals surface area (Å²) in [5.74, 6) is 0. The molecule has 0 radical (unpaired) electrons. The molecule has 1 unspecified atom stereocenters. The number of hydrogen-bond acceptors (Lipinski definition) is 4. The van der Waals surface area contributed by atoms with Gasteiger partial charge >= 0.3 is 7.82 Å². The number of rotatable bonds is 19. The van der Waals surface area contributed by atoms with Crippen molar-refractivity contribution in [1.29, 1.82) is 0 Å². The van der Waals surface area contributed by atoms with Crippen molar-refractivity contribution in [2.24, 2.45) is 0 Å². The molecule has 0 aliphatic rings. The fourth-order valence-corrected chi connectivity index (χ4v) is 3.00. The van der Waals surface area contributed by atoms with Crippen molar-refractivity contribution < 1.29 is 28.7 Å². The van der Waals surface area contributed by atoms with Crippen LogP contribution in [0, 0.1) is 0 Å². The fraction of sp³-hybridized carbons (Fsp3) is 0.895. The lowest BCUT2D eigenvalue weighted by atomic mass is 10.0. The minimum Gasteiger partial charge on any atom is -0.499 e. The van der Waals surface area contributed by atoms with E-state index in [9.17, 15) is 9.67 Å². The Kier molecular flexibility index (Phi) is 17.7. The Morgan fingerprint density at radius 2 is 1.35 bits per heavy atom. The molecule has 26 heavy (non-hydrogen) atoms. The summed E-state index contributed by atoms with van der Waals surface area (Å²) in [4.78, 5) is 17.0. The summed E-state index contributed by atoms with van der Waals surface area (Å²) < 4.78 is 19.8. The van der Waals surface area contributed by atoms with Crippen molar-refractivity contribution in [3.8, 4) is 0 Å². The molecule has 156 valence electrons. The largest absolute Gasteiger partial charge is 0.499 e. The summed E-state index contributed by atoms with van der Waals surface area (Å²) in [6.07, 6.45) is 19.3. The Morgan fingerprint density at radius 1 is 0.846 bits per heavy atom. The van der Waals surface area contributed by atoms with Crippen molar-refractivity contribution in [2.45, 2.75) is 96.5 Å². The molecule has 7 heteroatoms. The van der Waals surface area contributed by atoms with Gasteiger partial charge in [-0.2, -0.15) is 0 Å². The summed E-state index contributed by atoms with van der Waals surface area (Å²) in [7, 11) is -4.53. The van der Waals surface area contributed by atoms with Gasteiger partial charge in [0.1, 0.15) is 12.7 Å². The number of phosphoric ester groups is 1. The topological polar surface area (TPSA) is 96.2 Å². The molecule has 0 rings (SSSR count). The maximum absolute atomic E-state index is 10.5. The van der Waals surface area contributed by atoms with E-state index in [0.717, 1.165) is 12.8 Å². The first-order chi connectivity index (χ1) is 12.5. The molecule has 0 bridgehead atoms. The second kappa shape index (κ2) is 18.0. The molecule has 0 aliphatic heterocycles. The maximum atomic E-state index is 10.5. The van der Waals surface area contributed by atoms with Crippen molar-refractivity contribution in [3.05, 3.63) is 12.3 Å². The minimum atomic E-state index is -4.53. The lowest BCUT2D eigenvalue weighted by Crippen LogP contribution is -2.19. The maximum Gasteiger partial charge on any atom is 0.469 e. The highest BCUT2D eigenvalue weighted by atomic mass is 31.2. The van der Waals surface area contributed by atoms with Crippen LogP contribution >= 0.6 is 7.82 Å². The molecule has 0 heterocycles. The van der Waals surface area contributed by atoms with Crippen LogP contribution in [0.5, 0.6) is 0 Å². The van der Waals surface area contributed by atoms with Gasteiger partial charge in [0.05, 0.1) is 12.9 Å². The lowest BCUT2D eigenvalue weighted by molar-refractivity contribution is 0.0357. The first-order valence-corrected chi connectivity index (χ1v) is 11.6. The molecule has 1 atom stereocenters. The lowest BCUT2D eigenvalue weighted by Gasteiger charge is -2.10. The van der Waals surface area contributed by atoms with Gasteiger partial charge in [-0.25, -0.2) is 4.57 Å². The zero-order chi connectivity index (χ0) is 19.5. The number of aliphatic hydroxyl groups is 1. The second-order valence-corrected chi connectivity index (χ2v) is 8.06. The highest BCUT2D eigenvalue weighted by Crippen LogP contribution is 2.35. The zero-order valence-electron chi connectivity index (χ0n) is 16.4. The Bertz CT molecular complexity index is 369. The molecular formula is C19H39O6P. The molecule has 0 saturated heterocycles. The van der Waals surface area contributed by atoms with E-state index in [4.69, 9.17) is 14.5 Å². The van der Waals surface area contributed by atoms with E-state index in [-0.39, 0.29) is 6.61 Å². The third-order valence-electron chi connectivity index (χ3n) is 4.14. The van der Waals surface area contributed by atoms with Crippen molar-refractivity contribution in [3.63, 3.8) is 0 Å². The first kappa shape index (κ1) is 25.6. The van der Waals surface area contributed by atoms with Gasteiger partial charge in [0.2, 0.25) is 0 Å². The third kappa shape index (κ3) is 21.7. The number of ether oxygens (including phenoxy) is 1. The number of aliphatic hydroxyl groups excluding tert-OH is 1. The van der Waals surface area contributed by atoms with Crippen LogP contribution in [0.25, 0.3) is 0 Å². The quantitative estimate of drug-likeness (QED) is 0.161. The molecule has 0 spiro atoms. The third-order valence-corrected chi connectivity index (χ3v) is 4.63. The van der Waals surface area contributed by atoms with Crippen LogP contribution in [0.15, 0.2) is 12.3 Å². The molecule has 6 nitrogen and oxygen atoms in total. The Morgan fingerprint density at radius 3 is 1.85 bits per heavy atom. The fourth-order valence-electron chi connectivity index (χ4n) is 2.64. The molecule has 0 aliphatic carbocycles. The summed E-state index contributed by atoms with van der Waals surface area (Å²) in [6, 6.07) is 0. The van der Waals surface area contributed by atoms with Crippen molar-refractivity contribution in [1.82, 2.24) is 0 Å². The predicted octanol–water partition coefficient (Wildman–Crippen LogP) is 5.08. The van der Waals surface area contributed by atoms with E-state index < -0.39 is 20.5 Å².